The summed E-state index contributed by atoms with van der Waals surface area (Å²) < 4.78 is 30.1. The van der Waals surface area contributed by atoms with Crippen LogP contribution in [0.25, 0.3) is 0 Å². The van der Waals surface area contributed by atoms with Gasteiger partial charge in [-0.2, -0.15) is 0 Å². The molecule has 1 rings (SSSR count). The summed E-state index contributed by atoms with van der Waals surface area (Å²) in [5.41, 5.74) is 1.06. The van der Waals surface area contributed by atoms with E-state index in [2.05, 4.69) is 0 Å². The van der Waals surface area contributed by atoms with Crippen LogP contribution < -0.4 is 0 Å². The molecule has 1 aromatic rings. The van der Waals surface area contributed by atoms with Gasteiger partial charge in [0.2, 0.25) is 0 Å². The maximum atomic E-state index is 6.10. The average Bonchev–Trinajstić information content (AvgIpc) is 2.56. The molecule has 0 saturated heterocycles. The van der Waals surface area contributed by atoms with Crippen molar-refractivity contribution in [3.63, 3.8) is 0 Å². The van der Waals surface area contributed by atoms with E-state index in [-0.39, 0.29) is 0 Å². The molecular weight excluding hydrogens is 308 g/mol. The number of ether oxygens (including phenoxy) is 5. The second-order valence-electron chi connectivity index (χ2n) is 5.14. The van der Waals surface area contributed by atoms with Gasteiger partial charge in [-0.15, -0.1) is 0 Å². The first-order chi connectivity index (χ1) is 11.6. The van der Waals surface area contributed by atoms with Crippen LogP contribution in [0.4, 0.5) is 0 Å². The predicted molar refractivity (Wildman–Crippen MR) is 93.7 cm³/mol. The molecular formula is C19H32O5. The molecule has 24 heavy (non-hydrogen) atoms. The number of hydrogen-bond donors (Lipinski definition) is 0. The lowest BCUT2D eigenvalue weighted by Gasteiger charge is -2.46. The highest BCUT2D eigenvalue weighted by Gasteiger charge is 2.58. The van der Waals surface area contributed by atoms with E-state index in [1.54, 1.807) is 0 Å². The lowest BCUT2D eigenvalue weighted by atomic mass is 10.0. The molecule has 0 atom stereocenters. The van der Waals surface area contributed by atoms with Gasteiger partial charge in [-0.05, 0) is 40.2 Å². The third kappa shape index (κ3) is 5.01. The Morgan fingerprint density at radius 1 is 0.625 bits per heavy atom. The van der Waals surface area contributed by atoms with E-state index in [4.69, 9.17) is 23.7 Å². The van der Waals surface area contributed by atoms with Crippen molar-refractivity contribution in [2.24, 2.45) is 0 Å². The molecule has 0 fully saturated rings. The molecule has 0 N–H and O–H groups in total. The molecule has 0 radical (unpaired) electrons. The van der Waals surface area contributed by atoms with Crippen LogP contribution in [-0.4, -0.2) is 44.8 Å². The molecule has 138 valence electrons. The van der Waals surface area contributed by atoms with E-state index in [1.807, 2.05) is 65.0 Å². The zero-order valence-corrected chi connectivity index (χ0v) is 15.7. The van der Waals surface area contributed by atoms with Crippen LogP contribution in [0.1, 0.15) is 40.2 Å². The highest BCUT2D eigenvalue weighted by molar-refractivity contribution is 5.17. The summed E-state index contributed by atoms with van der Waals surface area (Å²) in [6.45, 7) is 11.7. The Hall–Kier alpha value is -0.980. The van der Waals surface area contributed by atoms with Crippen LogP contribution in [-0.2, 0) is 30.1 Å². The van der Waals surface area contributed by atoms with Gasteiger partial charge in [0.05, 0.1) is 0 Å². The molecule has 0 saturated carbocycles. The third-order valence-electron chi connectivity index (χ3n) is 3.50. The fourth-order valence-corrected chi connectivity index (χ4v) is 2.78. The molecule has 0 heterocycles. The first kappa shape index (κ1) is 21.1. The Bertz CT molecular complexity index is 412. The van der Waals surface area contributed by atoms with Crippen LogP contribution in [0.2, 0.25) is 0 Å². The van der Waals surface area contributed by atoms with Crippen molar-refractivity contribution in [1.82, 2.24) is 0 Å². The number of hydrogen-bond acceptors (Lipinski definition) is 5. The third-order valence-corrected chi connectivity index (χ3v) is 3.50. The zero-order valence-electron chi connectivity index (χ0n) is 15.7. The van der Waals surface area contributed by atoms with Crippen molar-refractivity contribution in [1.29, 1.82) is 0 Å². The van der Waals surface area contributed by atoms with Crippen molar-refractivity contribution in [2.45, 2.75) is 52.8 Å². The summed E-state index contributed by atoms with van der Waals surface area (Å²) in [5.74, 6) is -2.62. The maximum absolute atomic E-state index is 6.10. The summed E-state index contributed by atoms with van der Waals surface area (Å²) in [6.07, 6.45) is 0.454. The van der Waals surface area contributed by atoms with E-state index >= 15 is 0 Å². The molecule has 0 aliphatic carbocycles. The van der Waals surface area contributed by atoms with Gasteiger partial charge in [-0.3, -0.25) is 0 Å². The monoisotopic (exact) mass is 340 g/mol. The van der Waals surface area contributed by atoms with E-state index in [0.717, 1.165) is 5.56 Å². The minimum absolute atomic E-state index is 0.413. The summed E-state index contributed by atoms with van der Waals surface area (Å²) in [5, 5.41) is 0. The van der Waals surface area contributed by atoms with Crippen LogP contribution in [0.15, 0.2) is 30.3 Å². The fraction of sp³-hybridized carbons (Fsp3) is 0.684. The molecule has 0 unspecified atom stereocenters. The van der Waals surface area contributed by atoms with Crippen LogP contribution >= 0.6 is 0 Å². The van der Waals surface area contributed by atoms with E-state index in [0.29, 0.717) is 39.5 Å². The molecule has 0 spiro atoms. The molecule has 0 aromatic heterocycles. The summed E-state index contributed by atoms with van der Waals surface area (Å²) >= 11 is 0. The summed E-state index contributed by atoms with van der Waals surface area (Å²) in [7, 11) is 0. The topological polar surface area (TPSA) is 46.2 Å². The van der Waals surface area contributed by atoms with Crippen LogP contribution in [0.3, 0.4) is 0 Å². The van der Waals surface area contributed by atoms with Gasteiger partial charge in [-0.25, -0.2) is 0 Å². The lowest BCUT2D eigenvalue weighted by molar-refractivity contribution is -0.495. The minimum atomic E-state index is -1.42. The summed E-state index contributed by atoms with van der Waals surface area (Å²) in [6, 6.07) is 10.0. The minimum Gasteiger partial charge on any atom is -0.343 e. The zero-order chi connectivity index (χ0) is 17.9. The standard InChI is InChI=1S/C19H32O5/c1-6-20-18(21-7-2,16-17-14-12-11-13-15-17)19(22-8-3,23-9-4)24-10-5/h11-15H,6-10,16H2,1-5H3. The summed E-state index contributed by atoms with van der Waals surface area (Å²) in [4.78, 5) is 0. The normalized spacial score (nSPS) is 12.5. The van der Waals surface area contributed by atoms with E-state index in [1.165, 1.54) is 0 Å². The Labute approximate surface area is 146 Å². The first-order valence-electron chi connectivity index (χ1n) is 8.87. The van der Waals surface area contributed by atoms with Crippen molar-refractivity contribution in [3.05, 3.63) is 35.9 Å². The Morgan fingerprint density at radius 3 is 1.42 bits per heavy atom. The first-order valence-corrected chi connectivity index (χ1v) is 8.87. The van der Waals surface area contributed by atoms with Crippen molar-refractivity contribution < 1.29 is 23.7 Å². The SMILES string of the molecule is CCOC(Cc1ccccc1)(OCC)C(OCC)(OCC)OCC. The second kappa shape index (κ2) is 10.8. The Morgan fingerprint density at radius 2 is 1.04 bits per heavy atom. The van der Waals surface area contributed by atoms with Gasteiger partial charge in [0.1, 0.15) is 0 Å². The molecule has 0 aliphatic heterocycles. The largest absolute Gasteiger partial charge is 0.343 e. The molecule has 0 amide bonds. The van der Waals surface area contributed by atoms with Crippen molar-refractivity contribution in [2.75, 3.05) is 33.0 Å². The second-order valence-corrected chi connectivity index (χ2v) is 5.14. The maximum Gasteiger partial charge on any atom is 0.341 e. The predicted octanol–water partition coefficient (Wildman–Crippen LogP) is 3.76. The van der Waals surface area contributed by atoms with Gasteiger partial charge in [0.15, 0.2) is 0 Å². The molecule has 5 nitrogen and oxygen atoms in total. The fourth-order valence-electron chi connectivity index (χ4n) is 2.78. The van der Waals surface area contributed by atoms with Gasteiger partial charge in [-0.1, -0.05) is 30.3 Å². The highest BCUT2D eigenvalue weighted by atomic mass is 16.9. The highest BCUT2D eigenvalue weighted by Crippen LogP contribution is 2.37. The molecule has 0 bridgehead atoms. The molecule has 0 aliphatic rings. The Kier molecular flexibility index (Phi) is 9.48. The van der Waals surface area contributed by atoms with Crippen molar-refractivity contribution in [3.8, 4) is 0 Å². The smallest absolute Gasteiger partial charge is 0.341 e. The van der Waals surface area contributed by atoms with Gasteiger partial charge < -0.3 is 23.7 Å². The van der Waals surface area contributed by atoms with E-state index < -0.39 is 11.8 Å². The quantitative estimate of drug-likeness (QED) is 0.512. The molecule has 1 aromatic carbocycles. The average molecular weight is 340 g/mol. The van der Waals surface area contributed by atoms with Gasteiger partial charge in [0.25, 0.3) is 5.79 Å². The van der Waals surface area contributed by atoms with Gasteiger partial charge in [0, 0.05) is 39.5 Å². The lowest BCUT2D eigenvalue weighted by Crippen LogP contribution is -2.64. The number of rotatable bonds is 13. The number of benzene rings is 1. The van der Waals surface area contributed by atoms with E-state index in [9.17, 15) is 0 Å². The molecule has 5 heteroatoms. The van der Waals surface area contributed by atoms with Crippen molar-refractivity contribution >= 4 is 0 Å². The van der Waals surface area contributed by atoms with Crippen LogP contribution in [0, 0.1) is 0 Å². The van der Waals surface area contributed by atoms with Crippen LogP contribution in [0.5, 0.6) is 0 Å². The van der Waals surface area contributed by atoms with Gasteiger partial charge >= 0.3 is 5.97 Å². The Balaban J connectivity index is 3.36.